The molecule has 0 atom stereocenters. The molecule has 0 aliphatic carbocycles. The van der Waals surface area contributed by atoms with E-state index in [2.05, 4.69) is 10.1 Å². The first-order valence-electron chi connectivity index (χ1n) is 4.76. The number of thioether (sulfide) groups is 1. The quantitative estimate of drug-likeness (QED) is 0.624. The first-order chi connectivity index (χ1) is 8.41. The van der Waals surface area contributed by atoms with E-state index in [0.29, 0.717) is 5.69 Å². The fourth-order valence-corrected chi connectivity index (χ4v) is 1.80. The van der Waals surface area contributed by atoms with E-state index in [1.165, 1.54) is 12.1 Å². The zero-order valence-electron chi connectivity index (χ0n) is 9.07. The third-order valence-electron chi connectivity index (χ3n) is 2.08. The average Bonchev–Trinajstić information content (AvgIpc) is 2.73. The van der Waals surface area contributed by atoms with Crippen molar-refractivity contribution in [2.24, 2.45) is 0 Å². The van der Waals surface area contributed by atoms with E-state index < -0.39 is 17.8 Å². The summed E-state index contributed by atoms with van der Waals surface area (Å²) in [6.45, 7) is 0. The van der Waals surface area contributed by atoms with E-state index in [0.717, 1.165) is 28.6 Å². The highest BCUT2D eigenvalue weighted by Gasteiger charge is 2.37. The summed E-state index contributed by atoms with van der Waals surface area (Å²) >= 11 is 1.03. The summed E-state index contributed by atoms with van der Waals surface area (Å²) in [6.07, 6.45) is -3.01. The summed E-state index contributed by atoms with van der Waals surface area (Å²) in [5, 5.41) is 3.48. The van der Waals surface area contributed by atoms with Crippen LogP contribution in [0.2, 0.25) is 0 Å². The Labute approximate surface area is 104 Å². The van der Waals surface area contributed by atoms with Gasteiger partial charge in [-0.25, -0.2) is 9.07 Å². The Morgan fingerprint density at radius 2 is 1.78 bits per heavy atom. The Kier molecular flexibility index (Phi) is 3.29. The molecule has 2 aromatic rings. The van der Waals surface area contributed by atoms with Crippen LogP contribution < -0.4 is 0 Å². The van der Waals surface area contributed by atoms with Crippen molar-refractivity contribution in [1.29, 1.82) is 0 Å². The van der Waals surface area contributed by atoms with Gasteiger partial charge in [-0.1, -0.05) is 11.8 Å². The smallest absolute Gasteiger partial charge is 0.207 e. The van der Waals surface area contributed by atoms with E-state index in [1.54, 1.807) is 6.26 Å². The van der Waals surface area contributed by atoms with Gasteiger partial charge in [-0.3, -0.25) is 0 Å². The molecular formula is C10H7F4N3S. The molecular weight excluding hydrogens is 270 g/mol. The van der Waals surface area contributed by atoms with E-state index in [9.17, 15) is 17.6 Å². The van der Waals surface area contributed by atoms with Gasteiger partial charge in [-0.05, 0) is 30.5 Å². The van der Waals surface area contributed by atoms with Crippen LogP contribution in [0.4, 0.5) is 17.6 Å². The van der Waals surface area contributed by atoms with Crippen molar-refractivity contribution in [2.75, 3.05) is 6.26 Å². The summed E-state index contributed by atoms with van der Waals surface area (Å²) in [7, 11) is 0. The minimum absolute atomic E-state index is 0.0916. The van der Waals surface area contributed by atoms with Crippen LogP contribution in [0.25, 0.3) is 5.69 Å². The molecule has 0 bridgehead atoms. The molecule has 0 fully saturated rings. The molecule has 0 aliphatic heterocycles. The van der Waals surface area contributed by atoms with E-state index in [4.69, 9.17) is 0 Å². The summed E-state index contributed by atoms with van der Waals surface area (Å²) < 4.78 is 51.3. The molecule has 0 spiro atoms. The lowest BCUT2D eigenvalue weighted by molar-refractivity contribution is -0.145. The molecule has 1 aromatic carbocycles. The van der Waals surface area contributed by atoms with Crippen molar-refractivity contribution in [2.45, 2.75) is 11.3 Å². The standard InChI is InChI=1S/C10H7F4N3S/c1-18-9-15-8(10(12,13)14)16-17(9)7-4-2-6(11)3-5-7/h2-5H,1H3. The first kappa shape index (κ1) is 12.9. The third-order valence-corrected chi connectivity index (χ3v) is 2.71. The molecule has 18 heavy (non-hydrogen) atoms. The molecule has 0 radical (unpaired) electrons. The number of halogens is 4. The van der Waals surface area contributed by atoms with Crippen molar-refractivity contribution in [3.8, 4) is 5.69 Å². The van der Waals surface area contributed by atoms with Gasteiger partial charge in [-0.2, -0.15) is 18.2 Å². The Balaban J connectivity index is 2.50. The summed E-state index contributed by atoms with van der Waals surface area (Å²) in [4.78, 5) is 3.39. The first-order valence-corrected chi connectivity index (χ1v) is 5.98. The van der Waals surface area contributed by atoms with Crippen molar-refractivity contribution < 1.29 is 17.6 Å². The maximum atomic E-state index is 12.7. The Bertz CT molecular complexity index is 547. The minimum Gasteiger partial charge on any atom is -0.207 e. The predicted molar refractivity (Wildman–Crippen MR) is 58.1 cm³/mol. The highest BCUT2D eigenvalue weighted by molar-refractivity contribution is 7.98. The molecule has 0 unspecified atom stereocenters. The molecule has 0 saturated carbocycles. The van der Waals surface area contributed by atoms with Gasteiger partial charge in [0.2, 0.25) is 0 Å². The molecule has 1 heterocycles. The highest BCUT2D eigenvalue weighted by Crippen LogP contribution is 2.29. The third kappa shape index (κ3) is 2.47. The topological polar surface area (TPSA) is 30.7 Å². The van der Waals surface area contributed by atoms with Gasteiger partial charge in [0.1, 0.15) is 5.82 Å². The van der Waals surface area contributed by atoms with Gasteiger partial charge in [0.15, 0.2) is 5.16 Å². The van der Waals surface area contributed by atoms with Crippen LogP contribution in [0.5, 0.6) is 0 Å². The van der Waals surface area contributed by atoms with E-state index in [-0.39, 0.29) is 5.16 Å². The number of hydrogen-bond donors (Lipinski definition) is 0. The van der Waals surface area contributed by atoms with Crippen LogP contribution in [0, 0.1) is 5.82 Å². The number of benzene rings is 1. The monoisotopic (exact) mass is 277 g/mol. The van der Waals surface area contributed by atoms with Gasteiger partial charge < -0.3 is 0 Å². The lowest BCUT2D eigenvalue weighted by Crippen LogP contribution is -2.08. The van der Waals surface area contributed by atoms with Gasteiger partial charge in [0, 0.05) is 0 Å². The molecule has 3 nitrogen and oxygen atoms in total. The SMILES string of the molecule is CSc1nc(C(F)(F)F)nn1-c1ccc(F)cc1. The van der Waals surface area contributed by atoms with Crippen molar-refractivity contribution in [3.63, 3.8) is 0 Å². The van der Waals surface area contributed by atoms with Crippen LogP contribution >= 0.6 is 11.8 Å². The van der Waals surface area contributed by atoms with Crippen LogP contribution in [-0.2, 0) is 6.18 Å². The van der Waals surface area contributed by atoms with Crippen LogP contribution in [0.3, 0.4) is 0 Å². The molecule has 2 rings (SSSR count). The van der Waals surface area contributed by atoms with Gasteiger partial charge >= 0.3 is 6.18 Å². The Morgan fingerprint density at radius 1 is 1.17 bits per heavy atom. The fourth-order valence-electron chi connectivity index (χ4n) is 1.30. The number of alkyl halides is 3. The zero-order chi connectivity index (χ0) is 13.3. The fraction of sp³-hybridized carbons (Fsp3) is 0.200. The minimum atomic E-state index is -4.60. The number of hydrogen-bond acceptors (Lipinski definition) is 3. The molecule has 8 heteroatoms. The average molecular weight is 277 g/mol. The van der Waals surface area contributed by atoms with E-state index >= 15 is 0 Å². The van der Waals surface area contributed by atoms with E-state index in [1.807, 2.05) is 0 Å². The van der Waals surface area contributed by atoms with Crippen molar-refractivity contribution in [1.82, 2.24) is 14.8 Å². The van der Waals surface area contributed by atoms with Crippen LogP contribution in [0.15, 0.2) is 29.4 Å². The van der Waals surface area contributed by atoms with Gasteiger partial charge in [-0.15, -0.1) is 5.10 Å². The maximum Gasteiger partial charge on any atom is 0.453 e. The number of aromatic nitrogens is 3. The normalized spacial score (nSPS) is 11.8. The Hall–Kier alpha value is -1.57. The Morgan fingerprint density at radius 3 is 2.28 bits per heavy atom. The van der Waals surface area contributed by atoms with Gasteiger partial charge in [0.25, 0.3) is 5.82 Å². The van der Waals surface area contributed by atoms with Gasteiger partial charge in [0.05, 0.1) is 5.69 Å². The number of rotatable bonds is 2. The molecule has 0 saturated heterocycles. The molecule has 0 N–H and O–H groups in total. The second kappa shape index (κ2) is 4.60. The second-order valence-corrected chi connectivity index (χ2v) is 4.08. The number of nitrogens with zero attached hydrogens (tertiary/aromatic N) is 3. The molecule has 0 amide bonds. The second-order valence-electron chi connectivity index (χ2n) is 3.31. The van der Waals surface area contributed by atoms with Crippen LogP contribution in [0.1, 0.15) is 5.82 Å². The largest absolute Gasteiger partial charge is 0.453 e. The highest BCUT2D eigenvalue weighted by atomic mass is 32.2. The lowest BCUT2D eigenvalue weighted by Gasteiger charge is -2.03. The summed E-state index contributed by atoms with van der Waals surface area (Å²) in [5.41, 5.74) is 0.323. The summed E-state index contributed by atoms with van der Waals surface area (Å²) in [5.74, 6) is -1.68. The lowest BCUT2D eigenvalue weighted by atomic mass is 10.3. The van der Waals surface area contributed by atoms with Crippen molar-refractivity contribution >= 4 is 11.8 Å². The predicted octanol–water partition coefficient (Wildman–Crippen LogP) is 3.15. The van der Waals surface area contributed by atoms with Crippen molar-refractivity contribution in [3.05, 3.63) is 35.9 Å². The zero-order valence-corrected chi connectivity index (χ0v) is 9.89. The maximum absolute atomic E-state index is 12.7. The summed E-state index contributed by atoms with van der Waals surface area (Å²) in [6, 6.07) is 4.97. The molecule has 0 aliphatic rings. The molecule has 1 aromatic heterocycles. The van der Waals surface area contributed by atoms with Crippen LogP contribution in [-0.4, -0.2) is 21.0 Å². The molecule has 96 valence electrons.